The first-order chi connectivity index (χ1) is 8.65. The lowest BCUT2D eigenvalue weighted by molar-refractivity contribution is 0.147. The lowest BCUT2D eigenvalue weighted by Gasteiger charge is -2.06. The largest absolute Gasteiger partial charge is 0.462 e. The zero-order chi connectivity index (χ0) is 13.0. The minimum atomic E-state index is -0.522. The maximum atomic E-state index is 11.4. The topological polar surface area (TPSA) is 77.2 Å². The molecule has 0 saturated carbocycles. The average Bonchev–Trinajstić information content (AvgIpc) is 2.95. The Bertz CT molecular complexity index is 507. The molecule has 0 aliphatic heterocycles. The SMILES string of the molecule is CC(C)COC(=O)Nc1nnc(-c2ccco2)s1. The molecule has 2 rings (SSSR count). The lowest BCUT2D eigenvalue weighted by Crippen LogP contribution is -2.16. The van der Waals surface area contributed by atoms with Gasteiger partial charge in [0, 0.05) is 0 Å². The van der Waals surface area contributed by atoms with E-state index in [1.54, 1.807) is 18.4 Å². The van der Waals surface area contributed by atoms with Crippen LogP contribution < -0.4 is 5.32 Å². The molecule has 1 N–H and O–H groups in total. The van der Waals surface area contributed by atoms with Gasteiger partial charge < -0.3 is 9.15 Å². The fraction of sp³-hybridized carbons (Fsp3) is 0.364. The highest BCUT2D eigenvalue weighted by atomic mass is 32.1. The molecule has 0 atom stereocenters. The van der Waals surface area contributed by atoms with Crippen molar-refractivity contribution in [1.29, 1.82) is 0 Å². The molecule has 0 aliphatic carbocycles. The summed E-state index contributed by atoms with van der Waals surface area (Å²) in [4.78, 5) is 11.4. The first-order valence-corrected chi connectivity index (χ1v) is 6.28. The molecule has 2 heterocycles. The second-order valence-corrected chi connectivity index (χ2v) is 4.98. The van der Waals surface area contributed by atoms with Crippen molar-refractivity contribution in [1.82, 2.24) is 10.2 Å². The Balaban J connectivity index is 1.93. The predicted octanol–water partition coefficient (Wildman–Crippen LogP) is 3.00. The molecule has 0 unspecified atom stereocenters. The summed E-state index contributed by atoms with van der Waals surface area (Å²) in [6, 6.07) is 3.54. The maximum Gasteiger partial charge on any atom is 0.413 e. The maximum absolute atomic E-state index is 11.4. The quantitative estimate of drug-likeness (QED) is 0.921. The van der Waals surface area contributed by atoms with E-state index in [0.717, 1.165) is 0 Å². The first-order valence-electron chi connectivity index (χ1n) is 5.46. The molecule has 0 spiro atoms. The van der Waals surface area contributed by atoms with Crippen molar-refractivity contribution in [3.8, 4) is 10.8 Å². The minimum Gasteiger partial charge on any atom is -0.462 e. The van der Waals surface area contributed by atoms with Gasteiger partial charge in [0.25, 0.3) is 0 Å². The molecule has 0 fully saturated rings. The molecule has 96 valence electrons. The summed E-state index contributed by atoms with van der Waals surface area (Å²) in [5.41, 5.74) is 0. The van der Waals surface area contributed by atoms with Gasteiger partial charge in [0.15, 0.2) is 10.8 Å². The van der Waals surface area contributed by atoms with Gasteiger partial charge in [-0.1, -0.05) is 25.2 Å². The van der Waals surface area contributed by atoms with Crippen LogP contribution in [0.3, 0.4) is 0 Å². The van der Waals surface area contributed by atoms with E-state index in [2.05, 4.69) is 15.5 Å². The third kappa shape index (κ3) is 3.30. The Morgan fingerprint density at radius 1 is 1.56 bits per heavy atom. The van der Waals surface area contributed by atoms with Crippen LogP contribution in [0.15, 0.2) is 22.8 Å². The average molecular weight is 267 g/mol. The van der Waals surface area contributed by atoms with Gasteiger partial charge in [0.1, 0.15) is 0 Å². The third-order valence-corrected chi connectivity index (χ3v) is 2.77. The van der Waals surface area contributed by atoms with E-state index in [9.17, 15) is 4.79 Å². The van der Waals surface area contributed by atoms with E-state index in [-0.39, 0.29) is 0 Å². The first kappa shape index (κ1) is 12.6. The second-order valence-electron chi connectivity index (χ2n) is 4.01. The minimum absolute atomic E-state index is 0.295. The van der Waals surface area contributed by atoms with Crippen molar-refractivity contribution in [2.24, 2.45) is 5.92 Å². The van der Waals surface area contributed by atoms with E-state index in [4.69, 9.17) is 9.15 Å². The molecular formula is C11H13N3O3S. The Morgan fingerprint density at radius 3 is 3.06 bits per heavy atom. The monoisotopic (exact) mass is 267 g/mol. The summed E-state index contributed by atoms with van der Waals surface area (Å²) in [7, 11) is 0. The molecular weight excluding hydrogens is 254 g/mol. The number of aromatic nitrogens is 2. The number of carbonyl (C=O) groups is 1. The molecule has 7 heteroatoms. The van der Waals surface area contributed by atoms with E-state index >= 15 is 0 Å². The van der Waals surface area contributed by atoms with Crippen LogP contribution in [0.2, 0.25) is 0 Å². The predicted molar refractivity (Wildman–Crippen MR) is 67.4 cm³/mol. The zero-order valence-electron chi connectivity index (χ0n) is 10.0. The number of carbonyl (C=O) groups excluding carboxylic acids is 1. The van der Waals surface area contributed by atoms with Gasteiger partial charge >= 0.3 is 6.09 Å². The van der Waals surface area contributed by atoms with E-state index in [1.807, 2.05) is 13.8 Å². The van der Waals surface area contributed by atoms with Crippen molar-refractivity contribution < 1.29 is 13.9 Å². The highest BCUT2D eigenvalue weighted by Gasteiger charge is 2.12. The molecule has 18 heavy (non-hydrogen) atoms. The highest BCUT2D eigenvalue weighted by Crippen LogP contribution is 2.26. The van der Waals surface area contributed by atoms with Crippen LogP contribution in [0.4, 0.5) is 9.93 Å². The van der Waals surface area contributed by atoms with Crippen molar-refractivity contribution in [2.45, 2.75) is 13.8 Å². The zero-order valence-corrected chi connectivity index (χ0v) is 10.9. The number of anilines is 1. The summed E-state index contributed by atoms with van der Waals surface area (Å²) < 4.78 is 10.2. The standard InChI is InChI=1S/C11H13N3O3S/c1-7(2)6-17-11(15)12-10-14-13-9(18-10)8-4-3-5-16-8/h3-5,7H,6H2,1-2H3,(H,12,14,15). The van der Waals surface area contributed by atoms with Crippen LogP contribution >= 0.6 is 11.3 Å². The van der Waals surface area contributed by atoms with Gasteiger partial charge in [-0.3, -0.25) is 5.32 Å². The summed E-state index contributed by atoms with van der Waals surface area (Å²) >= 11 is 1.23. The molecule has 0 bridgehead atoms. The van der Waals surface area contributed by atoms with Crippen molar-refractivity contribution >= 4 is 22.6 Å². The normalized spacial score (nSPS) is 10.6. The Morgan fingerprint density at radius 2 is 2.39 bits per heavy atom. The Labute approximate surface area is 108 Å². The number of nitrogens with zero attached hydrogens (tertiary/aromatic N) is 2. The number of furan rings is 1. The molecule has 2 aromatic heterocycles. The summed E-state index contributed by atoms with van der Waals surface area (Å²) in [6.45, 7) is 4.30. The highest BCUT2D eigenvalue weighted by molar-refractivity contribution is 7.18. The molecule has 0 saturated heterocycles. The van der Waals surface area contributed by atoms with E-state index < -0.39 is 6.09 Å². The molecule has 0 aromatic carbocycles. The van der Waals surface area contributed by atoms with Crippen LogP contribution in [-0.2, 0) is 4.74 Å². The van der Waals surface area contributed by atoms with Crippen LogP contribution in [0.1, 0.15) is 13.8 Å². The summed E-state index contributed by atoms with van der Waals surface area (Å²) in [6.07, 6.45) is 1.03. The van der Waals surface area contributed by atoms with E-state index in [1.165, 1.54) is 11.3 Å². The van der Waals surface area contributed by atoms with Crippen molar-refractivity contribution in [2.75, 3.05) is 11.9 Å². The van der Waals surface area contributed by atoms with Crippen LogP contribution in [0, 0.1) is 5.92 Å². The second kappa shape index (κ2) is 5.63. The van der Waals surface area contributed by atoms with Crippen LogP contribution in [0.5, 0.6) is 0 Å². The van der Waals surface area contributed by atoms with Crippen LogP contribution in [0.25, 0.3) is 10.8 Å². The van der Waals surface area contributed by atoms with Gasteiger partial charge in [-0.2, -0.15) is 0 Å². The molecule has 6 nitrogen and oxygen atoms in total. The number of nitrogens with one attached hydrogen (secondary N) is 1. The van der Waals surface area contributed by atoms with Crippen LogP contribution in [-0.4, -0.2) is 22.9 Å². The molecule has 0 radical (unpaired) electrons. The van der Waals surface area contributed by atoms with Gasteiger partial charge in [-0.05, 0) is 18.1 Å². The summed E-state index contributed by atoms with van der Waals surface area (Å²) in [5, 5.41) is 11.3. The van der Waals surface area contributed by atoms with Gasteiger partial charge in [-0.15, -0.1) is 10.2 Å². The number of hydrogen-bond acceptors (Lipinski definition) is 6. The van der Waals surface area contributed by atoms with Gasteiger partial charge in [-0.25, -0.2) is 4.79 Å². The fourth-order valence-electron chi connectivity index (χ4n) is 1.14. The fourth-order valence-corrected chi connectivity index (χ4v) is 1.84. The third-order valence-electron chi connectivity index (χ3n) is 1.91. The number of ether oxygens (including phenoxy) is 1. The Hall–Kier alpha value is -1.89. The lowest BCUT2D eigenvalue weighted by atomic mass is 10.2. The van der Waals surface area contributed by atoms with E-state index in [0.29, 0.717) is 28.4 Å². The molecule has 2 aromatic rings. The number of rotatable bonds is 4. The van der Waals surface area contributed by atoms with Gasteiger partial charge in [0.2, 0.25) is 5.13 Å². The number of hydrogen-bond donors (Lipinski definition) is 1. The van der Waals surface area contributed by atoms with Gasteiger partial charge in [0.05, 0.1) is 12.9 Å². The molecule has 0 aliphatic rings. The van der Waals surface area contributed by atoms with Crippen molar-refractivity contribution in [3.63, 3.8) is 0 Å². The van der Waals surface area contributed by atoms with Crippen molar-refractivity contribution in [3.05, 3.63) is 18.4 Å². The smallest absolute Gasteiger partial charge is 0.413 e. The Kier molecular flexibility index (Phi) is 3.93. The molecule has 1 amide bonds. The number of amides is 1. The summed E-state index contributed by atoms with van der Waals surface area (Å²) in [5.74, 6) is 0.917.